The van der Waals surface area contributed by atoms with Crippen molar-refractivity contribution >= 4 is 22.5 Å². The first-order valence-electron chi connectivity index (χ1n) is 10.4. The highest BCUT2D eigenvalue weighted by Crippen LogP contribution is 2.41. The van der Waals surface area contributed by atoms with Gasteiger partial charge in [-0.05, 0) is 48.0 Å². The van der Waals surface area contributed by atoms with E-state index in [1.54, 1.807) is 6.20 Å². The largest absolute Gasteiger partial charge is 0.490 e. The van der Waals surface area contributed by atoms with E-state index in [2.05, 4.69) is 9.88 Å². The number of aliphatic hydroxyl groups excluding tert-OH is 1. The Morgan fingerprint density at radius 2 is 2.03 bits per heavy atom. The van der Waals surface area contributed by atoms with Crippen LogP contribution >= 0.6 is 11.6 Å². The molecule has 3 heterocycles. The lowest BCUT2D eigenvalue weighted by Gasteiger charge is -2.39. The molecule has 5 rings (SSSR count). The Kier molecular flexibility index (Phi) is 5.27. The molecule has 1 unspecified atom stereocenters. The fourth-order valence-electron chi connectivity index (χ4n) is 4.56. The number of pyridine rings is 1. The number of hydrogen-bond donors (Lipinski definition) is 1. The van der Waals surface area contributed by atoms with Gasteiger partial charge in [0.15, 0.2) is 0 Å². The Morgan fingerprint density at radius 1 is 1.17 bits per heavy atom. The van der Waals surface area contributed by atoms with Crippen LogP contribution in [0.2, 0.25) is 5.02 Å². The predicted octanol–water partition coefficient (Wildman–Crippen LogP) is 4.10. The van der Waals surface area contributed by atoms with E-state index in [0.717, 1.165) is 59.8 Å². The molecule has 1 atom stereocenters. The first kappa shape index (κ1) is 19.6. The SMILES string of the molecule is OC(COc1cccc2ncccc12)CN1CCC2(CC1)Cc1cc(Cl)ccc1O2. The summed E-state index contributed by atoms with van der Waals surface area (Å²) < 4.78 is 12.2. The molecule has 3 aromatic rings. The summed E-state index contributed by atoms with van der Waals surface area (Å²) in [5.74, 6) is 1.72. The van der Waals surface area contributed by atoms with Gasteiger partial charge in [-0.1, -0.05) is 17.7 Å². The van der Waals surface area contributed by atoms with Gasteiger partial charge in [-0.2, -0.15) is 0 Å². The van der Waals surface area contributed by atoms with E-state index in [-0.39, 0.29) is 12.2 Å². The molecule has 1 saturated heterocycles. The minimum atomic E-state index is -0.550. The molecule has 1 fully saturated rings. The summed E-state index contributed by atoms with van der Waals surface area (Å²) in [6, 6.07) is 15.6. The van der Waals surface area contributed by atoms with Crippen LogP contribution in [-0.4, -0.2) is 52.9 Å². The lowest BCUT2D eigenvalue weighted by molar-refractivity contribution is -0.00186. The average Bonchev–Trinajstić information content (AvgIpc) is 3.11. The second-order valence-electron chi connectivity index (χ2n) is 8.31. The van der Waals surface area contributed by atoms with Crippen LogP contribution < -0.4 is 9.47 Å². The first-order valence-corrected chi connectivity index (χ1v) is 10.8. The summed E-state index contributed by atoms with van der Waals surface area (Å²) in [6.45, 7) is 2.65. The number of fused-ring (bicyclic) bond motifs is 2. The third-order valence-electron chi connectivity index (χ3n) is 6.13. The molecule has 0 aliphatic carbocycles. The average molecular weight is 425 g/mol. The number of aromatic nitrogens is 1. The molecule has 1 spiro atoms. The maximum atomic E-state index is 10.5. The molecule has 1 aromatic heterocycles. The number of rotatable bonds is 5. The quantitative estimate of drug-likeness (QED) is 0.668. The van der Waals surface area contributed by atoms with Gasteiger partial charge in [0.05, 0.1) is 5.52 Å². The third kappa shape index (κ3) is 3.97. The Hall–Kier alpha value is -2.34. The fourth-order valence-corrected chi connectivity index (χ4v) is 4.76. The number of ether oxygens (including phenoxy) is 2. The van der Waals surface area contributed by atoms with Gasteiger partial charge in [-0.25, -0.2) is 0 Å². The van der Waals surface area contributed by atoms with Crippen molar-refractivity contribution in [3.63, 3.8) is 0 Å². The maximum Gasteiger partial charge on any atom is 0.128 e. The monoisotopic (exact) mass is 424 g/mol. The lowest BCUT2D eigenvalue weighted by Crippen LogP contribution is -2.49. The van der Waals surface area contributed by atoms with Crippen molar-refractivity contribution in [3.05, 3.63) is 65.3 Å². The van der Waals surface area contributed by atoms with Crippen molar-refractivity contribution in [1.82, 2.24) is 9.88 Å². The van der Waals surface area contributed by atoms with Gasteiger partial charge >= 0.3 is 0 Å². The Morgan fingerprint density at radius 3 is 2.90 bits per heavy atom. The molecule has 0 saturated carbocycles. The van der Waals surface area contributed by atoms with Gasteiger partial charge in [0, 0.05) is 55.5 Å². The molecule has 6 heteroatoms. The first-order chi connectivity index (χ1) is 14.6. The summed E-state index contributed by atoms with van der Waals surface area (Å²) in [5, 5.41) is 12.3. The van der Waals surface area contributed by atoms with Crippen LogP contribution in [0.15, 0.2) is 54.7 Å². The van der Waals surface area contributed by atoms with Crippen LogP contribution in [0.4, 0.5) is 0 Å². The number of likely N-dealkylation sites (tertiary alicyclic amines) is 1. The van der Waals surface area contributed by atoms with Gasteiger partial charge in [-0.3, -0.25) is 4.98 Å². The highest BCUT2D eigenvalue weighted by molar-refractivity contribution is 6.30. The molecule has 0 bridgehead atoms. The number of benzene rings is 2. The van der Waals surface area contributed by atoms with Gasteiger partial charge in [0.2, 0.25) is 0 Å². The minimum absolute atomic E-state index is 0.124. The number of β-amino-alcohol motifs (C(OH)–C–C–N with tert-alkyl or cyclic N) is 1. The van der Waals surface area contributed by atoms with Crippen LogP contribution in [0.5, 0.6) is 11.5 Å². The van der Waals surface area contributed by atoms with E-state index in [1.165, 1.54) is 5.56 Å². The number of aliphatic hydroxyl groups is 1. The van der Waals surface area contributed by atoms with E-state index < -0.39 is 6.10 Å². The molecular formula is C24H25ClN2O3. The number of piperidine rings is 1. The van der Waals surface area contributed by atoms with Gasteiger partial charge in [0.25, 0.3) is 0 Å². The van der Waals surface area contributed by atoms with E-state index in [9.17, 15) is 5.11 Å². The van der Waals surface area contributed by atoms with E-state index in [0.29, 0.717) is 6.54 Å². The molecular weight excluding hydrogens is 400 g/mol. The van der Waals surface area contributed by atoms with Crippen molar-refractivity contribution in [2.75, 3.05) is 26.2 Å². The van der Waals surface area contributed by atoms with Gasteiger partial charge in [-0.15, -0.1) is 0 Å². The zero-order valence-electron chi connectivity index (χ0n) is 16.8. The molecule has 0 amide bonds. The van der Waals surface area contributed by atoms with Gasteiger partial charge in [0.1, 0.15) is 29.8 Å². The summed E-state index contributed by atoms with van der Waals surface area (Å²) in [4.78, 5) is 6.64. The Bertz CT molecular complexity index is 1040. The molecule has 2 aliphatic rings. The number of hydrogen-bond acceptors (Lipinski definition) is 5. The molecule has 2 aliphatic heterocycles. The topological polar surface area (TPSA) is 54.8 Å². The number of halogens is 1. The second-order valence-corrected chi connectivity index (χ2v) is 8.74. The second kappa shape index (κ2) is 8.06. The van der Waals surface area contributed by atoms with Gasteiger partial charge < -0.3 is 19.5 Å². The van der Waals surface area contributed by atoms with Crippen molar-refractivity contribution in [2.24, 2.45) is 0 Å². The van der Waals surface area contributed by atoms with E-state index >= 15 is 0 Å². The lowest BCUT2D eigenvalue weighted by atomic mass is 9.87. The van der Waals surface area contributed by atoms with Crippen molar-refractivity contribution in [3.8, 4) is 11.5 Å². The highest BCUT2D eigenvalue weighted by atomic mass is 35.5. The van der Waals surface area contributed by atoms with Crippen molar-refractivity contribution in [1.29, 1.82) is 0 Å². The fraction of sp³-hybridized carbons (Fsp3) is 0.375. The smallest absolute Gasteiger partial charge is 0.128 e. The summed E-state index contributed by atoms with van der Waals surface area (Å²) >= 11 is 6.13. The molecule has 1 N–H and O–H groups in total. The summed E-state index contributed by atoms with van der Waals surface area (Å²) in [5.41, 5.74) is 1.97. The molecule has 5 nitrogen and oxygen atoms in total. The maximum absolute atomic E-state index is 10.5. The normalized spacial score (nSPS) is 18.9. The predicted molar refractivity (Wildman–Crippen MR) is 117 cm³/mol. The summed E-state index contributed by atoms with van der Waals surface area (Å²) in [7, 11) is 0. The van der Waals surface area contributed by atoms with Crippen LogP contribution in [0.3, 0.4) is 0 Å². The molecule has 156 valence electrons. The van der Waals surface area contributed by atoms with E-state index in [1.807, 2.05) is 48.5 Å². The summed E-state index contributed by atoms with van der Waals surface area (Å²) in [6.07, 6.45) is 4.03. The third-order valence-corrected chi connectivity index (χ3v) is 6.37. The van der Waals surface area contributed by atoms with Crippen molar-refractivity contribution < 1.29 is 14.6 Å². The zero-order chi connectivity index (χ0) is 20.6. The highest BCUT2D eigenvalue weighted by Gasteiger charge is 2.42. The van der Waals surface area contributed by atoms with Crippen LogP contribution in [0.1, 0.15) is 18.4 Å². The Balaban J connectivity index is 1.13. The minimum Gasteiger partial charge on any atom is -0.490 e. The number of nitrogens with zero attached hydrogens (tertiary/aromatic N) is 2. The standard InChI is InChI=1S/C24H25ClN2O3/c25-18-6-7-22-17(13-18)14-24(30-22)8-11-27(12-9-24)15-19(28)16-29-23-5-1-4-21-20(23)3-2-10-26-21/h1-7,10,13,19,28H,8-9,11-12,14-16H2. The van der Waals surface area contributed by atoms with E-state index in [4.69, 9.17) is 21.1 Å². The van der Waals surface area contributed by atoms with Crippen molar-refractivity contribution in [2.45, 2.75) is 31.0 Å². The van der Waals surface area contributed by atoms with Crippen LogP contribution in [-0.2, 0) is 6.42 Å². The molecule has 30 heavy (non-hydrogen) atoms. The molecule has 2 aromatic carbocycles. The Labute approximate surface area is 181 Å². The molecule has 0 radical (unpaired) electrons. The van der Waals surface area contributed by atoms with Crippen LogP contribution in [0.25, 0.3) is 10.9 Å². The van der Waals surface area contributed by atoms with Crippen LogP contribution in [0, 0.1) is 0 Å². The zero-order valence-corrected chi connectivity index (χ0v) is 17.5.